The van der Waals surface area contributed by atoms with Crippen molar-refractivity contribution in [2.45, 2.75) is 38.7 Å². The van der Waals surface area contributed by atoms with Crippen LogP contribution in [0.15, 0.2) is 24.3 Å². The Balaban J connectivity index is 2.03. The fraction of sp³-hybridized carbons (Fsp3) is 0.647. The zero-order valence-corrected chi connectivity index (χ0v) is 13.3. The molecule has 0 saturated heterocycles. The van der Waals surface area contributed by atoms with Gasteiger partial charge in [-0.3, -0.25) is 0 Å². The average Bonchev–Trinajstić information content (AvgIpc) is 2.53. The summed E-state index contributed by atoms with van der Waals surface area (Å²) < 4.78 is 10.6. The highest BCUT2D eigenvalue weighted by Crippen LogP contribution is 2.19. The summed E-state index contributed by atoms with van der Waals surface area (Å²) in [6.45, 7) is 5.59. The van der Waals surface area contributed by atoms with Crippen LogP contribution in [-0.2, 0) is 4.74 Å². The minimum atomic E-state index is -0.427. The number of rotatable bonds is 12. The fourth-order valence-corrected chi connectivity index (χ4v) is 2.00. The summed E-state index contributed by atoms with van der Waals surface area (Å²) in [5.41, 5.74) is 0.931. The van der Waals surface area contributed by atoms with E-state index in [0.717, 1.165) is 50.5 Å². The van der Waals surface area contributed by atoms with Gasteiger partial charge in [-0.1, -0.05) is 25.5 Å². The predicted molar refractivity (Wildman–Crippen MR) is 85.8 cm³/mol. The van der Waals surface area contributed by atoms with Crippen LogP contribution in [0.1, 0.15) is 44.3 Å². The number of aliphatic hydroxyl groups excluding tert-OH is 1. The standard InChI is InChI=1S/C17H29NO3/c1-3-4-13-21-14-5-11-18-12-10-17(19)15-6-8-16(20-2)9-7-15/h6-9,17-19H,3-5,10-14H2,1-2H3. The first-order valence-electron chi connectivity index (χ1n) is 7.88. The van der Waals surface area contributed by atoms with E-state index in [-0.39, 0.29) is 0 Å². The molecule has 0 aliphatic rings. The van der Waals surface area contributed by atoms with Crippen LogP contribution in [0, 0.1) is 0 Å². The lowest BCUT2D eigenvalue weighted by molar-refractivity contribution is 0.128. The molecule has 0 bridgehead atoms. The van der Waals surface area contributed by atoms with Crippen molar-refractivity contribution in [3.63, 3.8) is 0 Å². The molecule has 1 atom stereocenters. The van der Waals surface area contributed by atoms with Gasteiger partial charge in [0.15, 0.2) is 0 Å². The molecule has 1 unspecified atom stereocenters. The van der Waals surface area contributed by atoms with Gasteiger partial charge in [-0.25, -0.2) is 0 Å². The van der Waals surface area contributed by atoms with Crippen molar-refractivity contribution >= 4 is 0 Å². The molecule has 1 aromatic rings. The zero-order chi connectivity index (χ0) is 15.3. The van der Waals surface area contributed by atoms with E-state index < -0.39 is 6.10 Å². The number of hydrogen-bond donors (Lipinski definition) is 2. The Morgan fingerprint density at radius 2 is 1.81 bits per heavy atom. The molecule has 120 valence electrons. The highest BCUT2D eigenvalue weighted by molar-refractivity contribution is 5.28. The third kappa shape index (κ3) is 8.05. The van der Waals surface area contributed by atoms with Crippen molar-refractivity contribution in [2.24, 2.45) is 0 Å². The first-order chi connectivity index (χ1) is 10.3. The predicted octanol–water partition coefficient (Wildman–Crippen LogP) is 2.92. The quantitative estimate of drug-likeness (QED) is 0.582. The van der Waals surface area contributed by atoms with Crippen molar-refractivity contribution < 1.29 is 14.6 Å². The highest BCUT2D eigenvalue weighted by Gasteiger charge is 2.06. The molecular formula is C17H29NO3. The van der Waals surface area contributed by atoms with Crippen molar-refractivity contribution in [2.75, 3.05) is 33.4 Å². The summed E-state index contributed by atoms with van der Waals surface area (Å²) in [5.74, 6) is 0.812. The van der Waals surface area contributed by atoms with Crippen LogP contribution in [0.25, 0.3) is 0 Å². The molecule has 0 radical (unpaired) electrons. The van der Waals surface area contributed by atoms with Gasteiger partial charge in [0.1, 0.15) is 5.75 Å². The first-order valence-corrected chi connectivity index (χ1v) is 7.88. The van der Waals surface area contributed by atoms with Crippen LogP contribution in [0.3, 0.4) is 0 Å². The van der Waals surface area contributed by atoms with Gasteiger partial charge in [0.05, 0.1) is 13.2 Å². The molecule has 1 rings (SSSR count). The number of benzene rings is 1. The van der Waals surface area contributed by atoms with E-state index in [1.54, 1.807) is 7.11 Å². The van der Waals surface area contributed by atoms with E-state index in [0.29, 0.717) is 6.42 Å². The number of hydrogen-bond acceptors (Lipinski definition) is 4. The molecule has 0 aliphatic carbocycles. The molecule has 2 N–H and O–H groups in total. The second kappa shape index (κ2) is 11.5. The van der Waals surface area contributed by atoms with E-state index in [4.69, 9.17) is 9.47 Å². The molecule has 0 saturated carbocycles. The smallest absolute Gasteiger partial charge is 0.118 e. The lowest BCUT2D eigenvalue weighted by Gasteiger charge is -2.12. The average molecular weight is 295 g/mol. The van der Waals surface area contributed by atoms with Gasteiger partial charge in [-0.05, 0) is 50.0 Å². The van der Waals surface area contributed by atoms with E-state index in [1.807, 2.05) is 24.3 Å². The molecule has 4 heteroatoms. The van der Waals surface area contributed by atoms with Gasteiger partial charge in [-0.15, -0.1) is 0 Å². The normalized spacial score (nSPS) is 12.3. The van der Waals surface area contributed by atoms with Gasteiger partial charge in [-0.2, -0.15) is 0 Å². The van der Waals surface area contributed by atoms with Crippen LogP contribution in [0.4, 0.5) is 0 Å². The molecule has 0 aliphatic heterocycles. The molecule has 0 aromatic heterocycles. The Bertz CT molecular complexity index is 354. The highest BCUT2D eigenvalue weighted by atomic mass is 16.5. The van der Waals surface area contributed by atoms with E-state index in [1.165, 1.54) is 6.42 Å². The van der Waals surface area contributed by atoms with Crippen LogP contribution < -0.4 is 10.1 Å². The Kier molecular flexibility index (Phi) is 9.87. The Hall–Kier alpha value is -1.10. The largest absolute Gasteiger partial charge is 0.497 e. The van der Waals surface area contributed by atoms with Gasteiger partial charge in [0.2, 0.25) is 0 Å². The lowest BCUT2D eigenvalue weighted by atomic mass is 10.1. The van der Waals surface area contributed by atoms with Gasteiger partial charge >= 0.3 is 0 Å². The summed E-state index contributed by atoms with van der Waals surface area (Å²) in [5, 5.41) is 13.4. The number of nitrogens with one attached hydrogen (secondary N) is 1. The maximum absolute atomic E-state index is 10.1. The molecule has 0 fully saturated rings. The molecule has 4 nitrogen and oxygen atoms in total. The summed E-state index contributed by atoms with van der Waals surface area (Å²) in [6.07, 6.45) is 3.62. The van der Waals surface area contributed by atoms with Crippen LogP contribution >= 0.6 is 0 Å². The van der Waals surface area contributed by atoms with Gasteiger partial charge in [0.25, 0.3) is 0 Å². The van der Waals surface area contributed by atoms with E-state index >= 15 is 0 Å². The Morgan fingerprint density at radius 1 is 1.10 bits per heavy atom. The monoisotopic (exact) mass is 295 g/mol. The zero-order valence-electron chi connectivity index (χ0n) is 13.3. The fourth-order valence-electron chi connectivity index (χ4n) is 2.00. The first kappa shape index (κ1) is 18.0. The lowest BCUT2D eigenvalue weighted by Crippen LogP contribution is -2.20. The summed E-state index contributed by atoms with van der Waals surface area (Å²) in [6, 6.07) is 7.56. The minimum Gasteiger partial charge on any atom is -0.497 e. The van der Waals surface area contributed by atoms with Crippen LogP contribution in [0.2, 0.25) is 0 Å². The summed E-state index contributed by atoms with van der Waals surface area (Å²) in [7, 11) is 1.64. The maximum Gasteiger partial charge on any atom is 0.118 e. The molecule has 0 heterocycles. The Morgan fingerprint density at radius 3 is 2.48 bits per heavy atom. The van der Waals surface area contributed by atoms with Crippen LogP contribution in [-0.4, -0.2) is 38.5 Å². The van der Waals surface area contributed by atoms with Crippen molar-refractivity contribution in [1.29, 1.82) is 0 Å². The minimum absolute atomic E-state index is 0.427. The Labute approximate surface area is 128 Å². The second-order valence-electron chi connectivity index (χ2n) is 5.15. The van der Waals surface area contributed by atoms with Crippen LogP contribution in [0.5, 0.6) is 5.75 Å². The van der Waals surface area contributed by atoms with Crippen molar-refractivity contribution in [3.8, 4) is 5.75 Å². The van der Waals surface area contributed by atoms with Crippen molar-refractivity contribution in [1.82, 2.24) is 5.32 Å². The number of ether oxygens (including phenoxy) is 2. The summed E-state index contributed by atoms with van der Waals surface area (Å²) >= 11 is 0. The molecular weight excluding hydrogens is 266 g/mol. The second-order valence-corrected chi connectivity index (χ2v) is 5.15. The topological polar surface area (TPSA) is 50.7 Å². The number of unbranched alkanes of at least 4 members (excludes halogenated alkanes) is 1. The van der Waals surface area contributed by atoms with Gasteiger partial charge in [0, 0.05) is 13.2 Å². The van der Waals surface area contributed by atoms with E-state index in [9.17, 15) is 5.11 Å². The molecule has 1 aromatic carbocycles. The SMILES string of the molecule is CCCCOCCCNCCC(O)c1ccc(OC)cc1. The third-order valence-corrected chi connectivity index (χ3v) is 3.38. The van der Waals surface area contributed by atoms with Crippen molar-refractivity contribution in [3.05, 3.63) is 29.8 Å². The molecule has 0 spiro atoms. The maximum atomic E-state index is 10.1. The summed E-state index contributed by atoms with van der Waals surface area (Å²) in [4.78, 5) is 0. The van der Waals surface area contributed by atoms with E-state index in [2.05, 4.69) is 12.2 Å². The number of methoxy groups -OCH3 is 1. The molecule has 0 amide bonds. The number of aliphatic hydroxyl groups is 1. The third-order valence-electron chi connectivity index (χ3n) is 3.38. The van der Waals surface area contributed by atoms with Gasteiger partial charge < -0.3 is 19.9 Å². The molecule has 21 heavy (non-hydrogen) atoms.